The second-order valence-electron chi connectivity index (χ2n) is 9.27. The van der Waals surface area contributed by atoms with Crippen molar-refractivity contribution in [1.29, 1.82) is 0 Å². The first-order valence-electron chi connectivity index (χ1n) is 12.1. The quantitative estimate of drug-likeness (QED) is 0.503. The van der Waals surface area contributed by atoms with Gasteiger partial charge in [-0.05, 0) is 23.3 Å². The van der Waals surface area contributed by atoms with Crippen LogP contribution >= 0.6 is 0 Å². The van der Waals surface area contributed by atoms with Crippen LogP contribution in [0, 0.1) is 0 Å². The molecule has 1 fully saturated rings. The van der Waals surface area contributed by atoms with Gasteiger partial charge in [-0.25, -0.2) is 4.79 Å². The van der Waals surface area contributed by atoms with Gasteiger partial charge in [-0.3, -0.25) is 14.4 Å². The molecule has 0 spiro atoms. The highest BCUT2D eigenvalue weighted by atomic mass is 16.1. The van der Waals surface area contributed by atoms with E-state index >= 15 is 0 Å². The highest BCUT2D eigenvalue weighted by molar-refractivity contribution is 5.89. The number of rotatable bonds is 5. The molecule has 0 aliphatic carbocycles. The van der Waals surface area contributed by atoms with Gasteiger partial charge >= 0.3 is 5.69 Å². The molecule has 1 atom stereocenters. The van der Waals surface area contributed by atoms with E-state index in [1.807, 2.05) is 24.3 Å². The largest absolute Gasteiger partial charge is 0.365 e. The Kier molecular flexibility index (Phi) is 5.61. The zero-order valence-electron chi connectivity index (χ0n) is 19.2. The summed E-state index contributed by atoms with van der Waals surface area (Å²) in [5, 5.41) is 4.64. The van der Waals surface area contributed by atoms with Gasteiger partial charge in [0.25, 0.3) is 0 Å². The second-order valence-corrected chi connectivity index (χ2v) is 9.27. The van der Waals surface area contributed by atoms with Gasteiger partial charge in [-0.2, -0.15) is 4.98 Å². The summed E-state index contributed by atoms with van der Waals surface area (Å²) >= 11 is 0. The van der Waals surface area contributed by atoms with E-state index in [4.69, 9.17) is 0 Å². The number of fused-ring (bicyclic) bond motifs is 3. The Hall–Kier alpha value is -3.48. The van der Waals surface area contributed by atoms with Crippen LogP contribution in [0.2, 0.25) is 0 Å². The number of benzene rings is 3. The standard InChI is InChI=1S/C28H29N5O/c34-28-30-25-14-8-7-13-24(25)27-29-23(20-33(27)28)19-31-15-17-32(18-16-31)26(21-9-3-1-4-10-21)22-11-5-2-6-12-22/h1-14,23,26,29H,15-20H2. The lowest BCUT2D eigenvalue weighted by Crippen LogP contribution is -2.50. The van der Waals surface area contributed by atoms with E-state index < -0.39 is 0 Å². The van der Waals surface area contributed by atoms with Gasteiger partial charge in [0.15, 0.2) is 0 Å². The molecular formula is C28H29N5O. The number of anilines is 1. The number of aromatic nitrogens is 2. The normalized spacial score (nSPS) is 18.8. The second kappa shape index (κ2) is 9.05. The van der Waals surface area contributed by atoms with E-state index in [2.05, 4.69) is 80.8 Å². The maximum atomic E-state index is 12.5. The molecule has 0 amide bonds. The number of piperazine rings is 1. The molecule has 0 bridgehead atoms. The van der Waals surface area contributed by atoms with Crippen LogP contribution < -0.4 is 11.0 Å². The highest BCUT2D eigenvalue weighted by Gasteiger charge is 2.30. The van der Waals surface area contributed by atoms with Crippen molar-refractivity contribution in [3.05, 3.63) is 107 Å². The predicted octanol–water partition coefficient (Wildman–Crippen LogP) is 3.60. The number of nitrogens with one attached hydrogen (secondary N) is 1. The van der Waals surface area contributed by atoms with E-state index in [0.717, 1.165) is 49.4 Å². The zero-order valence-corrected chi connectivity index (χ0v) is 19.2. The fourth-order valence-corrected chi connectivity index (χ4v) is 5.46. The molecule has 1 unspecified atom stereocenters. The summed E-state index contributed by atoms with van der Waals surface area (Å²) < 4.78 is 1.80. The molecule has 1 aromatic heterocycles. The van der Waals surface area contributed by atoms with Crippen molar-refractivity contribution in [2.24, 2.45) is 0 Å². The fourth-order valence-electron chi connectivity index (χ4n) is 5.46. The molecule has 1 saturated heterocycles. The molecule has 4 aromatic rings. The van der Waals surface area contributed by atoms with Gasteiger partial charge in [-0.1, -0.05) is 72.8 Å². The third kappa shape index (κ3) is 4.00. The summed E-state index contributed by atoms with van der Waals surface area (Å²) in [6, 6.07) is 30.0. The van der Waals surface area contributed by atoms with Crippen molar-refractivity contribution in [3.8, 4) is 0 Å². The van der Waals surface area contributed by atoms with E-state index in [1.54, 1.807) is 4.57 Å². The maximum Gasteiger partial charge on any atom is 0.349 e. The van der Waals surface area contributed by atoms with Crippen molar-refractivity contribution in [3.63, 3.8) is 0 Å². The topological polar surface area (TPSA) is 53.4 Å². The first kappa shape index (κ1) is 21.1. The number of para-hydroxylation sites is 1. The summed E-state index contributed by atoms with van der Waals surface area (Å²) in [4.78, 5) is 21.9. The van der Waals surface area contributed by atoms with E-state index in [-0.39, 0.29) is 17.8 Å². The van der Waals surface area contributed by atoms with Crippen molar-refractivity contribution in [2.45, 2.75) is 18.6 Å². The van der Waals surface area contributed by atoms with Crippen LogP contribution in [-0.4, -0.2) is 58.1 Å². The van der Waals surface area contributed by atoms with Crippen LogP contribution in [0.5, 0.6) is 0 Å². The van der Waals surface area contributed by atoms with Gasteiger partial charge < -0.3 is 5.32 Å². The molecule has 34 heavy (non-hydrogen) atoms. The van der Waals surface area contributed by atoms with E-state index in [0.29, 0.717) is 6.54 Å². The summed E-state index contributed by atoms with van der Waals surface area (Å²) in [5.41, 5.74) is 3.28. The molecule has 1 N–H and O–H groups in total. The minimum absolute atomic E-state index is 0.165. The van der Waals surface area contributed by atoms with E-state index in [1.165, 1.54) is 11.1 Å². The van der Waals surface area contributed by atoms with Crippen molar-refractivity contribution < 1.29 is 0 Å². The zero-order chi connectivity index (χ0) is 22.9. The number of hydrogen-bond acceptors (Lipinski definition) is 5. The van der Waals surface area contributed by atoms with Crippen LogP contribution in [0.3, 0.4) is 0 Å². The van der Waals surface area contributed by atoms with Crippen LogP contribution in [0.25, 0.3) is 10.9 Å². The Bertz CT molecular complexity index is 1290. The highest BCUT2D eigenvalue weighted by Crippen LogP contribution is 2.30. The van der Waals surface area contributed by atoms with Crippen LogP contribution in [0.1, 0.15) is 17.2 Å². The monoisotopic (exact) mass is 451 g/mol. The van der Waals surface area contributed by atoms with Gasteiger partial charge in [0.2, 0.25) is 0 Å². The van der Waals surface area contributed by atoms with Crippen molar-refractivity contribution in [1.82, 2.24) is 19.4 Å². The van der Waals surface area contributed by atoms with Gasteiger partial charge in [0, 0.05) is 38.1 Å². The predicted molar refractivity (Wildman–Crippen MR) is 136 cm³/mol. The summed E-state index contributed by atoms with van der Waals surface area (Å²) in [6.07, 6.45) is 0. The van der Waals surface area contributed by atoms with E-state index in [9.17, 15) is 4.79 Å². The first-order chi connectivity index (χ1) is 16.8. The lowest BCUT2D eigenvalue weighted by molar-refractivity contribution is 0.106. The van der Waals surface area contributed by atoms with Crippen LogP contribution in [-0.2, 0) is 6.54 Å². The molecule has 3 heterocycles. The first-order valence-corrected chi connectivity index (χ1v) is 12.1. The maximum absolute atomic E-state index is 12.5. The Balaban J connectivity index is 1.14. The summed E-state index contributed by atoms with van der Waals surface area (Å²) in [7, 11) is 0. The molecule has 6 heteroatoms. The molecule has 6 rings (SSSR count). The van der Waals surface area contributed by atoms with Crippen molar-refractivity contribution >= 4 is 16.7 Å². The third-order valence-corrected chi connectivity index (χ3v) is 7.10. The molecule has 2 aliphatic heterocycles. The van der Waals surface area contributed by atoms with Crippen LogP contribution in [0.15, 0.2) is 89.7 Å². The Morgan fingerprint density at radius 3 is 2.12 bits per heavy atom. The SMILES string of the molecule is O=c1nc2ccccc2c2n1CC(CN1CCN(C(c3ccccc3)c3ccccc3)CC1)N2. The van der Waals surface area contributed by atoms with Gasteiger partial charge in [-0.15, -0.1) is 0 Å². The van der Waals surface area contributed by atoms with Crippen LogP contribution in [0.4, 0.5) is 5.82 Å². The minimum atomic E-state index is -0.165. The number of nitrogens with zero attached hydrogens (tertiary/aromatic N) is 4. The van der Waals surface area contributed by atoms with Crippen molar-refractivity contribution in [2.75, 3.05) is 38.0 Å². The Morgan fingerprint density at radius 1 is 0.824 bits per heavy atom. The molecular weight excluding hydrogens is 422 g/mol. The fraction of sp³-hybridized carbons (Fsp3) is 0.286. The molecule has 6 nitrogen and oxygen atoms in total. The molecule has 2 aliphatic rings. The summed E-state index contributed by atoms with van der Waals surface area (Å²) in [6.45, 7) is 5.64. The number of hydrogen-bond donors (Lipinski definition) is 1. The molecule has 172 valence electrons. The molecule has 0 saturated carbocycles. The average molecular weight is 452 g/mol. The van der Waals surface area contributed by atoms with Gasteiger partial charge in [0.1, 0.15) is 5.82 Å². The lowest BCUT2D eigenvalue weighted by Gasteiger charge is -2.40. The minimum Gasteiger partial charge on any atom is -0.365 e. The summed E-state index contributed by atoms with van der Waals surface area (Å²) in [5.74, 6) is 0.910. The molecule has 3 aromatic carbocycles. The Morgan fingerprint density at radius 2 is 1.44 bits per heavy atom. The smallest absolute Gasteiger partial charge is 0.349 e. The third-order valence-electron chi connectivity index (χ3n) is 7.10. The molecule has 0 radical (unpaired) electrons. The lowest BCUT2D eigenvalue weighted by atomic mass is 9.96. The van der Waals surface area contributed by atoms with Gasteiger partial charge in [0.05, 0.1) is 24.1 Å². The Labute approximate surface area is 199 Å². The average Bonchev–Trinajstić information content (AvgIpc) is 3.31.